The van der Waals surface area contributed by atoms with Crippen molar-refractivity contribution < 1.29 is 17.9 Å². The number of benzene rings is 2. The molecular formula is C21H26N2O4S. The van der Waals surface area contributed by atoms with Gasteiger partial charge in [-0.25, -0.2) is 8.42 Å². The van der Waals surface area contributed by atoms with E-state index >= 15 is 0 Å². The molecular weight excluding hydrogens is 376 g/mol. The molecule has 1 saturated heterocycles. The molecule has 2 aromatic rings. The van der Waals surface area contributed by atoms with Crippen molar-refractivity contribution in [2.75, 3.05) is 26.3 Å². The first-order chi connectivity index (χ1) is 13.5. The predicted molar refractivity (Wildman–Crippen MR) is 107 cm³/mol. The Bertz CT molecular complexity index is 876. The molecule has 0 unspecified atom stereocenters. The predicted octanol–water partition coefficient (Wildman–Crippen LogP) is 2.52. The Hall–Kier alpha value is -2.22. The van der Waals surface area contributed by atoms with Gasteiger partial charge in [0.1, 0.15) is 0 Å². The van der Waals surface area contributed by atoms with Gasteiger partial charge in [-0.05, 0) is 36.6 Å². The van der Waals surface area contributed by atoms with Crippen molar-refractivity contribution >= 4 is 15.9 Å². The Morgan fingerprint density at radius 2 is 1.71 bits per heavy atom. The highest BCUT2D eigenvalue weighted by molar-refractivity contribution is 7.89. The summed E-state index contributed by atoms with van der Waals surface area (Å²) in [4.78, 5) is 12.5. The van der Waals surface area contributed by atoms with Crippen LogP contribution in [0.15, 0.2) is 59.5 Å². The van der Waals surface area contributed by atoms with E-state index in [1.165, 1.54) is 4.31 Å². The third kappa shape index (κ3) is 5.19. The second kappa shape index (κ2) is 9.32. The van der Waals surface area contributed by atoms with Crippen LogP contribution in [0.5, 0.6) is 0 Å². The van der Waals surface area contributed by atoms with Crippen LogP contribution < -0.4 is 5.32 Å². The van der Waals surface area contributed by atoms with Crippen LogP contribution >= 0.6 is 0 Å². The third-order valence-corrected chi connectivity index (χ3v) is 6.76. The van der Waals surface area contributed by atoms with Gasteiger partial charge in [0, 0.05) is 19.5 Å². The number of ether oxygens (including phenoxy) is 1. The largest absolute Gasteiger partial charge is 0.379 e. The first-order valence-electron chi connectivity index (χ1n) is 9.48. The van der Waals surface area contributed by atoms with Crippen LogP contribution in [0.25, 0.3) is 0 Å². The first-order valence-corrected chi connectivity index (χ1v) is 10.9. The molecule has 1 atom stereocenters. The van der Waals surface area contributed by atoms with Crippen molar-refractivity contribution in [3.05, 3.63) is 65.7 Å². The molecule has 150 valence electrons. The lowest BCUT2D eigenvalue weighted by Crippen LogP contribution is -2.40. The molecule has 6 nitrogen and oxygen atoms in total. The summed E-state index contributed by atoms with van der Waals surface area (Å²) in [7, 11) is -3.48. The van der Waals surface area contributed by atoms with E-state index in [1.807, 2.05) is 37.3 Å². The number of amides is 1. The van der Waals surface area contributed by atoms with Gasteiger partial charge >= 0.3 is 0 Å². The Balaban J connectivity index is 1.53. The number of sulfonamides is 1. The molecule has 0 aliphatic carbocycles. The zero-order chi connectivity index (χ0) is 20.0. The normalized spacial score (nSPS) is 16.5. The van der Waals surface area contributed by atoms with Crippen molar-refractivity contribution in [2.24, 2.45) is 0 Å². The van der Waals surface area contributed by atoms with Crippen LogP contribution in [0, 0.1) is 0 Å². The molecule has 1 fully saturated rings. The fourth-order valence-electron chi connectivity index (χ4n) is 3.16. The second-order valence-corrected chi connectivity index (χ2v) is 8.80. The number of hydrogen-bond acceptors (Lipinski definition) is 4. The molecule has 28 heavy (non-hydrogen) atoms. The molecule has 0 radical (unpaired) electrons. The van der Waals surface area contributed by atoms with Gasteiger partial charge in [0.15, 0.2) is 0 Å². The highest BCUT2D eigenvalue weighted by Gasteiger charge is 2.26. The van der Waals surface area contributed by atoms with E-state index < -0.39 is 10.0 Å². The maximum Gasteiger partial charge on any atom is 0.243 e. The van der Waals surface area contributed by atoms with Crippen LogP contribution in [0.4, 0.5) is 0 Å². The molecule has 1 aliphatic rings. The maximum absolute atomic E-state index is 12.6. The zero-order valence-electron chi connectivity index (χ0n) is 16.0. The Kier molecular flexibility index (Phi) is 6.83. The first kappa shape index (κ1) is 20.5. The van der Waals surface area contributed by atoms with E-state index in [9.17, 15) is 13.2 Å². The van der Waals surface area contributed by atoms with Crippen molar-refractivity contribution in [1.29, 1.82) is 0 Å². The van der Waals surface area contributed by atoms with E-state index in [1.54, 1.807) is 24.3 Å². The smallest absolute Gasteiger partial charge is 0.243 e. The van der Waals surface area contributed by atoms with Crippen molar-refractivity contribution in [3.63, 3.8) is 0 Å². The van der Waals surface area contributed by atoms with Gasteiger partial charge in [0.2, 0.25) is 15.9 Å². The molecule has 1 amide bonds. The second-order valence-electron chi connectivity index (χ2n) is 6.86. The van der Waals surface area contributed by atoms with E-state index in [0.717, 1.165) is 11.1 Å². The number of rotatable bonds is 7. The molecule has 0 bridgehead atoms. The summed E-state index contributed by atoms with van der Waals surface area (Å²) in [6.45, 7) is 3.56. The van der Waals surface area contributed by atoms with Gasteiger partial charge in [-0.3, -0.25) is 4.79 Å². The molecule has 0 spiro atoms. The van der Waals surface area contributed by atoms with Crippen LogP contribution in [0.3, 0.4) is 0 Å². The number of aryl methyl sites for hydroxylation is 1. The maximum atomic E-state index is 12.6. The summed E-state index contributed by atoms with van der Waals surface area (Å²) >= 11 is 0. The number of hydrogen-bond donors (Lipinski definition) is 1. The number of carbonyl (C=O) groups is 1. The Morgan fingerprint density at radius 1 is 1.07 bits per heavy atom. The van der Waals surface area contributed by atoms with Gasteiger partial charge in [-0.1, -0.05) is 42.5 Å². The number of morpholine rings is 1. The van der Waals surface area contributed by atoms with E-state index in [4.69, 9.17) is 4.74 Å². The summed E-state index contributed by atoms with van der Waals surface area (Å²) in [5, 5.41) is 2.99. The number of nitrogens with zero attached hydrogens (tertiary/aromatic N) is 1. The van der Waals surface area contributed by atoms with Crippen LogP contribution in [-0.2, 0) is 26.0 Å². The van der Waals surface area contributed by atoms with Crippen LogP contribution in [0.1, 0.15) is 30.5 Å². The van der Waals surface area contributed by atoms with Gasteiger partial charge in [-0.2, -0.15) is 4.31 Å². The molecule has 1 heterocycles. The van der Waals surface area contributed by atoms with Gasteiger partial charge in [0.25, 0.3) is 0 Å². The Labute approximate surface area is 166 Å². The Morgan fingerprint density at radius 3 is 2.36 bits per heavy atom. The SMILES string of the molecule is C[C@@H](NC(=O)CCc1ccc(S(=O)(=O)N2CCOCC2)cc1)c1ccccc1. The summed E-state index contributed by atoms with van der Waals surface area (Å²) < 4.78 is 31.9. The minimum absolute atomic E-state index is 0.0265. The fraction of sp³-hybridized carbons (Fsp3) is 0.381. The summed E-state index contributed by atoms with van der Waals surface area (Å²) in [5.74, 6) is -0.0265. The van der Waals surface area contributed by atoms with E-state index in [-0.39, 0.29) is 16.8 Å². The van der Waals surface area contributed by atoms with E-state index in [2.05, 4.69) is 5.32 Å². The average molecular weight is 403 g/mol. The van der Waals surface area contributed by atoms with Crippen LogP contribution in [0.2, 0.25) is 0 Å². The summed E-state index contributed by atoms with van der Waals surface area (Å²) in [6.07, 6.45) is 0.915. The quantitative estimate of drug-likeness (QED) is 0.772. The highest BCUT2D eigenvalue weighted by atomic mass is 32.2. The number of carbonyl (C=O) groups excluding carboxylic acids is 1. The molecule has 1 N–H and O–H groups in total. The van der Waals surface area contributed by atoms with Gasteiger partial charge in [0.05, 0.1) is 24.2 Å². The van der Waals surface area contributed by atoms with Crippen LogP contribution in [-0.4, -0.2) is 44.9 Å². The minimum atomic E-state index is -3.48. The van der Waals surface area contributed by atoms with Crippen molar-refractivity contribution in [3.8, 4) is 0 Å². The number of nitrogens with one attached hydrogen (secondary N) is 1. The fourth-order valence-corrected chi connectivity index (χ4v) is 4.57. The molecule has 0 saturated carbocycles. The summed E-state index contributed by atoms with van der Waals surface area (Å²) in [5.41, 5.74) is 2.00. The molecule has 1 aliphatic heterocycles. The van der Waals surface area contributed by atoms with E-state index in [0.29, 0.717) is 39.1 Å². The lowest BCUT2D eigenvalue weighted by Gasteiger charge is -2.26. The molecule has 7 heteroatoms. The molecule has 2 aromatic carbocycles. The monoisotopic (exact) mass is 402 g/mol. The topological polar surface area (TPSA) is 75.7 Å². The van der Waals surface area contributed by atoms with Gasteiger partial charge in [-0.15, -0.1) is 0 Å². The lowest BCUT2D eigenvalue weighted by molar-refractivity contribution is -0.121. The summed E-state index contributed by atoms with van der Waals surface area (Å²) in [6, 6.07) is 16.6. The molecule has 0 aromatic heterocycles. The van der Waals surface area contributed by atoms with Gasteiger partial charge < -0.3 is 10.1 Å². The van der Waals surface area contributed by atoms with Crippen molar-refractivity contribution in [2.45, 2.75) is 30.7 Å². The average Bonchev–Trinajstić information content (AvgIpc) is 2.74. The lowest BCUT2D eigenvalue weighted by atomic mass is 10.1. The van der Waals surface area contributed by atoms with Crippen molar-refractivity contribution in [1.82, 2.24) is 9.62 Å². The highest BCUT2D eigenvalue weighted by Crippen LogP contribution is 2.18. The standard InChI is InChI=1S/C21H26N2O4S/c1-17(19-5-3-2-4-6-19)22-21(24)12-9-18-7-10-20(11-8-18)28(25,26)23-13-15-27-16-14-23/h2-8,10-11,17H,9,12-16H2,1H3,(H,22,24)/t17-/m1/s1. The zero-order valence-corrected chi connectivity index (χ0v) is 16.8. The molecule has 3 rings (SSSR count). The minimum Gasteiger partial charge on any atom is -0.379 e. The third-order valence-electron chi connectivity index (χ3n) is 4.85.